The van der Waals surface area contributed by atoms with Crippen LogP contribution in [-0.2, 0) is 17.4 Å². The molecule has 1 aromatic carbocycles. The number of aromatic nitrogens is 1. The summed E-state index contributed by atoms with van der Waals surface area (Å²) in [5.74, 6) is -3.69. The first-order valence-electron chi connectivity index (χ1n) is 6.23. The summed E-state index contributed by atoms with van der Waals surface area (Å²) in [6.45, 7) is 0. The Morgan fingerprint density at radius 3 is 2.52 bits per heavy atom. The van der Waals surface area contributed by atoms with Gasteiger partial charge in [0.25, 0.3) is 0 Å². The van der Waals surface area contributed by atoms with Crippen molar-refractivity contribution in [3.8, 4) is 0 Å². The number of pyridine rings is 1. The van der Waals surface area contributed by atoms with E-state index < -0.39 is 35.0 Å². The number of halogens is 5. The molecule has 4 nitrogen and oxygen atoms in total. The highest BCUT2D eigenvalue weighted by atomic mass is 19.4. The third kappa shape index (κ3) is 4.15. The van der Waals surface area contributed by atoms with Gasteiger partial charge in [-0.1, -0.05) is 0 Å². The molecule has 122 valence electrons. The number of hydrogen-bond acceptors (Lipinski definition) is 3. The van der Waals surface area contributed by atoms with E-state index in [2.05, 4.69) is 4.98 Å². The number of nitrogen functional groups attached to an aromatic ring is 1. The summed E-state index contributed by atoms with van der Waals surface area (Å²) in [6.07, 6.45) is -4.05. The molecule has 23 heavy (non-hydrogen) atoms. The molecule has 2 rings (SSSR count). The molecular weight excluding hydrogens is 321 g/mol. The maximum atomic E-state index is 13.6. The maximum Gasteiger partial charge on any atom is 0.418 e. The van der Waals surface area contributed by atoms with E-state index >= 15 is 0 Å². The average Bonchev–Trinajstić information content (AvgIpc) is 2.40. The summed E-state index contributed by atoms with van der Waals surface area (Å²) in [5, 5.41) is 1.82. The molecule has 2 aromatic rings. The Hall–Kier alpha value is -2.71. The lowest BCUT2D eigenvalue weighted by molar-refractivity contribution is -0.137. The second-order valence-corrected chi connectivity index (χ2v) is 4.62. The van der Waals surface area contributed by atoms with Crippen LogP contribution in [0.2, 0.25) is 0 Å². The number of alkyl halides is 3. The van der Waals surface area contributed by atoms with Gasteiger partial charge in [-0.2, -0.15) is 13.2 Å². The van der Waals surface area contributed by atoms with Crippen molar-refractivity contribution >= 4 is 17.4 Å². The Morgan fingerprint density at radius 1 is 1.22 bits per heavy atom. The summed E-state index contributed by atoms with van der Waals surface area (Å²) >= 11 is 0. The van der Waals surface area contributed by atoms with Gasteiger partial charge < -0.3 is 11.1 Å². The Morgan fingerprint density at radius 2 is 1.91 bits per heavy atom. The largest absolute Gasteiger partial charge is 0.418 e. The zero-order valence-corrected chi connectivity index (χ0v) is 11.4. The number of nitrogens with two attached hydrogens (primary N) is 1. The van der Waals surface area contributed by atoms with Gasteiger partial charge in [-0.05, 0) is 23.8 Å². The van der Waals surface area contributed by atoms with Crippen molar-refractivity contribution in [3.05, 3.63) is 53.2 Å². The van der Waals surface area contributed by atoms with Crippen LogP contribution in [0.5, 0.6) is 0 Å². The fraction of sp³-hybridized carbons (Fsp3) is 0.143. The van der Waals surface area contributed by atoms with Gasteiger partial charge in [0.15, 0.2) is 0 Å². The monoisotopic (exact) mass is 331 g/mol. The van der Waals surface area contributed by atoms with E-state index in [1.54, 1.807) is 0 Å². The second kappa shape index (κ2) is 6.19. The van der Waals surface area contributed by atoms with Crippen molar-refractivity contribution in [2.45, 2.75) is 12.6 Å². The Kier molecular flexibility index (Phi) is 4.48. The van der Waals surface area contributed by atoms with Crippen LogP contribution in [0.25, 0.3) is 0 Å². The third-order valence-corrected chi connectivity index (χ3v) is 2.84. The maximum absolute atomic E-state index is 13.6. The van der Waals surface area contributed by atoms with E-state index in [1.165, 1.54) is 18.3 Å². The molecule has 0 aliphatic rings. The van der Waals surface area contributed by atoms with Gasteiger partial charge in [0.1, 0.15) is 17.5 Å². The smallest absolute Gasteiger partial charge is 0.384 e. The number of benzene rings is 1. The van der Waals surface area contributed by atoms with Crippen molar-refractivity contribution in [1.29, 1.82) is 0 Å². The van der Waals surface area contributed by atoms with Crippen molar-refractivity contribution in [2.24, 2.45) is 0 Å². The molecule has 0 atom stereocenters. The number of amides is 1. The zero-order valence-electron chi connectivity index (χ0n) is 11.4. The second-order valence-electron chi connectivity index (χ2n) is 4.62. The minimum atomic E-state index is -5.02. The van der Waals surface area contributed by atoms with E-state index in [9.17, 15) is 26.7 Å². The molecule has 0 aliphatic heterocycles. The molecule has 0 bridgehead atoms. The number of carbonyl (C=O) groups is 1. The molecule has 1 heterocycles. The van der Waals surface area contributed by atoms with E-state index in [-0.39, 0.29) is 24.4 Å². The van der Waals surface area contributed by atoms with E-state index in [0.29, 0.717) is 5.56 Å². The molecule has 0 radical (unpaired) electrons. The van der Waals surface area contributed by atoms with Crippen molar-refractivity contribution < 1.29 is 26.7 Å². The number of nitrogens with one attached hydrogen (secondary N) is 1. The summed E-state index contributed by atoms with van der Waals surface area (Å²) in [7, 11) is 0. The lowest BCUT2D eigenvalue weighted by Crippen LogP contribution is -2.20. The highest BCUT2D eigenvalue weighted by Gasteiger charge is 2.36. The van der Waals surface area contributed by atoms with Crippen LogP contribution >= 0.6 is 0 Å². The Labute approximate surface area is 127 Å². The molecule has 9 heteroatoms. The predicted octanol–water partition coefficient (Wildman–Crippen LogP) is 3.14. The van der Waals surface area contributed by atoms with Gasteiger partial charge in [0, 0.05) is 12.3 Å². The molecule has 1 amide bonds. The predicted molar refractivity (Wildman–Crippen MR) is 72.3 cm³/mol. The summed E-state index contributed by atoms with van der Waals surface area (Å²) in [4.78, 5) is 15.5. The van der Waals surface area contributed by atoms with Gasteiger partial charge in [0.05, 0.1) is 17.7 Å². The molecule has 0 spiro atoms. The fourth-order valence-electron chi connectivity index (χ4n) is 1.90. The first kappa shape index (κ1) is 16.7. The summed E-state index contributed by atoms with van der Waals surface area (Å²) in [5.41, 5.74) is 3.08. The van der Waals surface area contributed by atoms with Gasteiger partial charge in [0.2, 0.25) is 5.91 Å². The normalized spacial score (nSPS) is 11.3. The summed E-state index contributed by atoms with van der Waals surface area (Å²) in [6, 6.07) is 3.16. The first-order chi connectivity index (χ1) is 10.7. The molecule has 3 N–H and O–H groups in total. The minimum Gasteiger partial charge on any atom is -0.384 e. The van der Waals surface area contributed by atoms with Crippen molar-refractivity contribution in [2.75, 3.05) is 11.1 Å². The highest BCUT2D eigenvalue weighted by Crippen LogP contribution is 2.36. The zero-order chi connectivity index (χ0) is 17.2. The first-order valence-corrected chi connectivity index (χ1v) is 6.23. The van der Waals surface area contributed by atoms with Gasteiger partial charge in [-0.25, -0.2) is 13.8 Å². The minimum absolute atomic E-state index is 0.114. The molecule has 0 saturated heterocycles. The van der Waals surface area contributed by atoms with Crippen molar-refractivity contribution in [3.63, 3.8) is 0 Å². The number of nitrogens with zero attached hydrogens (tertiary/aromatic N) is 1. The van der Waals surface area contributed by atoms with Gasteiger partial charge in [-0.3, -0.25) is 4.79 Å². The number of anilines is 2. The SMILES string of the molecule is Nc1cc(CC(=O)Nc2c(F)cc(F)cc2C(F)(F)F)ccn1. The average molecular weight is 331 g/mol. The van der Waals surface area contributed by atoms with Gasteiger partial charge >= 0.3 is 6.18 Å². The topological polar surface area (TPSA) is 68.0 Å². The number of rotatable bonds is 3. The number of hydrogen-bond donors (Lipinski definition) is 2. The van der Waals surface area contributed by atoms with E-state index in [1.807, 2.05) is 5.32 Å². The quantitative estimate of drug-likeness (QED) is 0.849. The molecule has 1 aromatic heterocycles. The van der Waals surface area contributed by atoms with E-state index in [4.69, 9.17) is 5.73 Å². The fourth-order valence-corrected chi connectivity index (χ4v) is 1.90. The van der Waals surface area contributed by atoms with Crippen LogP contribution in [0.3, 0.4) is 0 Å². The molecule has 0 aliphatic carbocycles. The van der Waals surface area contributed by atoms with Crippen LogP contribution in [0, 0.1) is 11.6 Å². The Balaban J connectivity index is 2.27. The molecule has 0 fully saturated rings. The molecule has 0 unspecified atom stereocenters. The standard InChI is InChI=1S/C14H10F5N3O/c15-8-5-9(14(17,18)19)13(10(16)6-8)22-12(23)4-7-1-2-21-11(20)3-7/h1-3,5-6H,4H2,(H2,20,21)(H,22,23). The lowest BCUT2D eigenvalue weighted by atomic mass is 10.1. The van der Waals surface area contributed by atoms with Gasteiger partial charge in [-0.15, -0.1) is 0 Å². The number of carbonyl (C=O) groups excluding carboxylic acids is 1. The lowest BCUT2D eigenvalue weighted by Gasteiger charge is -2.15. The molecule has 0 saturated carbocycles. The third-order valence-electron chi connectivity index (χ3n) is 2.84. The highest BCUT2D eigenvalue weighted by molar-refractivity contribution is 5.93. The van der Waals surface area contributed by atoms with E-state index in [0.717, 1.165) is 0 Å². The Bertz CT molecular complexity index is 746. The molecular formula is C14H10F5N3O. The van der Waals surface area contributed by atoms with Crippen LogP contribution in [-0.4, -0.2) is 10.9 Å². The summed E-state index contributed by atoms with van der Waals surface area (Å²) < 4.78 is 65.1. The van der Waals surface area contributed by atoms with Crippen molar-refractivity contribution in [1.82, 2.24) is 4.98 Å². The van der Waals surface area contributed by atoms with Crippen LogP contribution in [0.4, 0.5) is 33.5 Å². The van der Waals surface area contributed by atoms with Crippen LogP contribution in [0.15, 0.2) is 30.5 Å². The van der Waals surface area contributed by atoms with Crippen LogP contribution in [0.1, 0.15) is 11.1 Å². The van der Waals surface area contributed by atoms with Crippen LogP contribution < -0.4 is 11.1 Å².